The Balaban J connectivity index is 1.63. The molecular formula is C18H22FN3O3. The molecule has 0 bridgehead atoms. The molecule has 1 atom stereocenters. The topological polar surface area (TPSA) is 65.4 Å². The lowest BCUT2D eigenvalue weighted by molar-refractivity contribution is -0.124. The maximum absolute atomic E-state index is 12.9. The van der Waals surface area contributed by atoms with E-state index in [1.54, 1.807) is 6.20 Å². The van der Waals surface area contributed by atoms with E-state index in [1.807, 2.05) is 17.8 Å². The Morgan fingerprint density at radius 1 is 1.40 bits per heavy atom. The number of imidazole rings is 1. The minimum absolute atomic E-state index is 0.129. The van der Waals surface area contributed by atoms with Gasteiger partial charge in [-0.1, -0.05) is 0 Å². The molecule has 1 aromatic carbocycles. The van der Waals surface area contributed by atoms with Crippen molar-refractivity contribution in [1.29, 1.82) is 0 Å². The molecule has 3 rings (SSSR count). The molecule has 0 saturated carbocycles. The smallest absolute Gasteiger partial charge is 0.258 e. The van der Waals surface area contributed by atoms with Crippen molar-refractivity contribution in [2.24, 2.45) is 13.0 Å². The van der Waals surface area contributed by atoms with Crippen LogP contribution in [0.3, 0.4) is 0 Å². The number of aromatic nitrogens is 2. The number of nitrogens with zero attached hydrogens (tertiary/aromatic N) is 2. The molecule has 1 saturated heterocycles. The predicted molar refractivity (Wildman–Crippen MR) is 89.5 cm³/mol. The number of hydrogen-bond donors (Lipinski definition) is 1. The summed E-state index contributed by atoms with van der Waals surface area (Å²) < 4.78 is 25.7. The van der Waals surface area contributed by atoms with Gasteiger partial charge in [0.25, 0.3) is 5.91 Å². The van der Waals surface area contributed by atoms with E-state index in [9.17, 15) is 9.18 Å². The van der Waals surface area contributed by atoms with E-state index >= 15 is 0 Å². The van der Waals surface area contributed by atoms with Crippen molar-refractivity contribution < 1.29 is 18.7 Å². The number of benzene rings is 1. The molecule has 1 aliphatic heterocycles. The number of carbonyl (C=O) groups excluding carboxylic acids is 1. The minimum atomic E-state index is -0.342. The SMILES string of the molecule is Cn1ccnc1[C@H](NC(=O)COc1ccc(F)cc1)C1CCOCC1. The van der Waals surface area contributed by atoms with Crippen LogP contribution in [0.5, 0.6) is 5.75 Å². The number of carbonyl (C=O) groups is 1. The third-order valence-corrected chi connectivity index (χ3v) is 4.37. The summed E-state index contributed by atoms with van der Waals surface area (Å²) in [4.78, 5) is 16.8. The van der Waals surface area contributed by atoms with E-state index in [1.165, 1.54) is 24.3 Å². The lowest BCUT2D eigenvalue weighted by Gasteiger charge is -2.30. The molecule has 1 fully saturated rings. The zero-order valence-corrected chi connectivity index (χ0v) is 14.2. The van der Waals surface area contributed by atoms with Gasteiger partial charge in [0.05, 0.1) is 6.04 Å². The Morgan fingerprint density at radius 2 is 2.12 bits per heavy atom. The van der Waals surface area contributed by atoms with E-state index in [0.717, 1.165) is 18.7 Å². The third kappa shape index (κ3) is 4.57. The second-order valence-electron chi connectivity index (χ2n) is 6.13. The van der Waals surface area contributed by atoms with Gasteiger partial charge in [-0.15, -0.1) is 0 Å². The van der Waals surface area contributed by atoms with Crippen LogP contribution in [0.2, 0.25) is 0 Å². The number of ether oxygens (including phenoxy) is 2. The van der Waals surface area contributed by atoms with Gasteiger partial charge >= 0.3 is 0 Å². The molecule has 1 N–H and O–H groups in total. The lowest BCUT2D eigenvalue weighted by Crippen LogP contribution is -2.39. The first-order valence-electron chi connectivity index (χ1n) is 8.36. The predicted octanol–water partition coefficient (Wildman–Crippen LogP) is 2.22. The van der Waals surface area contributed by atoms with Crippen LogP contribution in [0.25, 0.3) is 0 Å². The van der Waals surface area contributed by atoms with Crippen molar-refractivity contribution in [3.8, 4) is 5.75 Å². The van der Waals surface area contributed by atoms with Gasteiger partial charge in [-0.05, 0) is 43.0 Å². The first-order chi connectivity index (χ1) is 12.1. The number of rotatable bonds is 6. The van der Waals surface area contributed by atoms with Gasteiger partial charge in [0.2, 0.25) is 0 Å². The largest absolute Gasteiger partial charge is 0.484 e. The van der Waals surface area contributed by atoms with Gasteiger partial charge in [0.1, 0.15) is 17.4 Å². The number of nitrogens with one attached hydrogen (secondary N) is 1. The summed E-state index contributed by atoms with van der Waals surface area (Å²) >= 11 is 0. The summed E-state index contributed by atoms with van der Waals surface area (Å²) in [5.41, 5.74) is 0. The summed E-state index contributed by atoms with van der Waals surface area (Å²) in [6.07, 6.45) is 5.33. The Bertz CT molecular complexity index is 696. The van der Waals surface area contributed by atoms with Crippen LogP contribution in [-0.4, -0.2) is 35.3 Å². The third-order valence-electron chi connectivity index (χ3n) is 4.37. The van der Waals surface area contributed by atoms with Gasteiger partial charge < -0.3 is 19.4 Å². The van der Waals surface area contributed by atoms with Gasteiger partial charge in [0, 0.05) is 32.7 Å². The molecular weight excluding hydrogens is 325 g/mol. The van der Waals surface area contributed by atoms with Gasteiger partial charge in [-0.2, -0.15) is 0 Å². The molecule has 0 spiro atoms. The maximum atomic E-state index is 12.9. The van der Waals surface area contributed by atoms with Gasteiger partial charge in [-0.25, -0.2) is 9.37 Å². The number of aryl methyl sites for hydroxylation is 1. The highest BCUT2D eigenvalue weighted by atomic mass is 19.1. The Kier molecular flexibility index (Phi) is 5.65. The molecule has 7 heteroatoms. The van der Waals surface area contributed by atoms with E-state index in [2.05, 4.69) is 10.3 Å². The van der Waals surface area contributed by atoms with E-state index in [-0.39, 0.29) is 30.3 Å². The van der Waals surface area contributed by atoms with Crippen molar-refractivity contribution in [1.82, 2.24) is 14.9 Å². The Labute approximate surface area is 146 Å². The van der Waals surface area contributed by atoms with E-state index in [0.29, 0.717) is 19.0 Å². The summed E-state index contributed by atoms with van der Waals surface area (Å²) in [6.45, 7) is 1.25. The van der Waals surface area contributed by atoms with Crippen molar-refractivity contribution in [2.75, 3.05) is 19.8 Å². The second kappa shape index (κ2) is 8.11. The van der Waals surface area contributed by atoms with Crippen molar-refractivity contribution in [2.45, 2.75) is 18.9 Å². The minimum Gasteiger partial charge on any atom is -0.484 e. The molecule has 1 aliphatic rings. The van der Waals surface area contributed by atoms with Crippen LogP contribution in [-0.2, 0) is 16.6 Å². The van der Waals surface area contributed by atoms with E-state index in [4.69, 9.17) is 9.47 Å². The fraction of sp³-hybridized carbons (Fsp3) is 0.444. The molecule has 1 amide bonds. The normalized spacial score (nSPS) is 16.4. The van der Waals surface area contributed by atoms with Crippen molar-refractivity contribution in [3.63, 3.8) is 0 Å². The highest BCUT2D eigenvalue weighted by Crippen LogP contribution is 2.29. The number of amides is 1. The Morgan fingerprint density at radius 3 is 2.76 bits per heavy atom. The first kappa shape index (κ1) is 17.4. The van der Waals surface area contributed by atoms with Gasteiger partial charge in [0.15, 0.2) is 6.61 Å². The summed E-state index contributed by atoms with van der Waals surface area (Å²) in [5, 5.41) is 3.03. The number of hydrogen-bond acceptors (Lipinski definition) is 4. The van der Waals surface area contributed by atoms with E-state index < -0.39 is 0 Å². The molecule has 1 aromatic heterocycles. The molecule has 25 heavy (non-hydrogen) atoms. The molecule has 0 unspecified atom stereocenters. The molecule has 2 heterocycles. The van der Waals surface area contributed by atoms with Gasteiger partial charge in [-0.3, -0.25) is 4.79 Å². The zero-order valence-electron chi connectivity index (χ0n) is 14.2. The summed E-state index contributed by atoms with van der Waals surface area (Å²) in [7, 11) is 1.91. The monoisotopic (exact) mass is 347 g/mol. The average molecular weight is 347 g/mol. The first-order valence-corrected chi connectivity index (χ1v) is 8.36. The number of halogens is 1. The summed E-state index contributed by atoms with van der Waals surface area (Å²) in [5.74, 6) is 0.970. The van der Waals surface area contributed by atoms with Crippen LogP contribution in [0.15, 0.2) is 36.7 Å². The van der Waals surface area contributed by atoms with Crippen LogP contribution in [0.1, 0.15) is 24.7 Å². The van der Waals surface area contributed by atoms with Crippen LogP contribution in [0, 0.1) is 11.7 Å². The average Bonchev–Trinajstić information content (AvgIpc) is 3.06. The molecule has 6 nitrogen and oxygen atoms in total. The van der Waals surface area contributed by atoms with Crippen molar-refractivity contribution >= 4 is 5.91 Å². The molecule has 0 aliphatic carbocycles. The molecule has 2 aromatic rings. The van der Waals surface area contributed by atoms with Crippen LogP contribution in [0.4, 0.5) is 4.39 Å². The summed E-state index contributed by atoms with van der Waals surface area (Å²) in [6, 6.07) is 5.40. The molecule has 134 valence electrons. The quantitative estimate of drug-likeness (QED) is 0.870. The second-order valence-corrected chi connectivity index (χ2v) is 6.13. The highest BCUT2D eigenvalue weighted by Gasteiger charge is 2.29. The van der Waals surface area contributed by atoms with Crippen molar-refractivity contribution in [3.05, 3.63) is 48.3 Å². The molecule has 0 radical (unpaired) electrons. The fourth-order valence-corrected chi connectivity index (χ4v) is 3.01. The fourth-order valence-electron chi connectivity index (χ4n) is 3.01. The standard InChI is InChI=1S/C18H22FN3O3/c1-22-9-8-20-18(22)17(13-6-10-24-11-7-13)21-16(23)12-25-15-4-2-14(19)3-5-15/h2-5,8-9,13,17H,6-7,10-12H2,1H3,(H,21,23)/t17-/m1/s1. The Hall–Kier alpha value is -2.41. The maximum Gasteiger partial charge on any atom is 0.258 e. The lowest BCUT2D eigenvalue weighted by atomic mass is 9.91. The zero-order chi connectivity index (χ0) is 17.6. The van der Waals surface area contributed by atoms with Crippen LogP contribution >= 0.6 is 0 Å². The van der Waals surface area contributed by atoms with Crippen LogP contribution < -0.4 is 10.1 Å². The highest BCUT2D eigenvalue weighted by molar-refractivity contribution is 5.78.